The van der Waals surface area contributed by atoms with Crippen LogP contribution in [0.15, 0.2) is 24.4 Å². The smallest absolute Gasteiger partial charge is 0.224 e. The van der Waals surface area contributed by atoms with Crippen LogP contribution in [0.5, 0.6) is 0 Å². The molecule has 0 saturated heterocycles. The van der Waals surface area contributed by atoms with Crippen molar-refractivity contribution in [3.05, 3.63) is 35.8 Å². The predicted octanol–water partition coefficient (Wildman–Crippen LogP) is 2.66. The van der Waals surface area contributed by atoms with E-state index in [4.69, 9.17) is 0 Å². The first-order valence-electron chi connectivity index (χ1n) is 8.93. The average molecular weight is 345 g/mol. The molecule has 6 heteroatoms. The highest BCUT2D eigenvalue weighted by atomic mass is 19.1. The number of carbonyl (C=O) groups excluding carboxylic acids is 2. The van der Waals surface area contributed by atoms with E-state index in [2.05, 4.69) is 15.6 Å². The van der Waals surface area contributed by atoms with E-state index in [0.29, 0.717) is 18.6 Å². The van der Waals surface area contributed by atoms with Crippen LogP contribution in [0.25, 0.3) is 10.9 Å². The number of hydrogen-bond donors (Lipinski definition) is 3. The van der Waals surface area contributed by atoms with Crippen LogP contribution in [0.1, 0.15) is 37.7 Å². The number of H-pyrrole nitrogens is 1. The highest BCUT2D eigenvalue weighted by Gasteiger charge is 2.20. The summed E-state index contributed by atoms with van der Waals surface area (Å²) in [7, 11) is 0. The first-order valence-corrected chi connectivity index (χ1v) is 8.93. The van der Waals surface area contributed by atoms with Crippen molar-refractivity contribution in [2.45, 2.75) is 38.5 Å². The van der Waals surface area contributed by atoms with Gasteiger partial charge in [0.2, 0.25) is 11.8 Å². The van der Waals surface area contributed by atoms with E-state index in [1.165, 1.54) is 18.6 Å². The Morgan fingerprint density at radius 2 is 1.88 bits per heavy atom. The zero-order valence-electron chi connectivity index (χ0n) is 14.2. The summed E-state index contributed by atoms with van der Waals surface area (Å²) in [5.41, 5.74) is 1.52. The summed E-state index contributed by atoms with van der Waals surface area (Å²) in [6.07, 6.45) is 7.38. The number of benzene rings is 1. The molecule has 1 fully saturated rings. The van der Waals surface area contributed by atoms with Gasteiger partial charge in [-0.05, 0) is 36.6 Å². The standard InChI is InChI=1S/C19H24FN3O2/c20-15-6-7-16-14(12-23-17(16)11-15)10-18(24)21-8-9-22-19(25)13-4-2-1-3-5-13/h6-7,11-13,23H,1-5,8-10H2,(H,21,24)(H,22,25). The van der Waals surface area contributed by atoms with Crippen molar-refractivity contribution in [2.75, 3.05) is 13.1 Å². The number of amides is 2. The second-order valence-electron chi connectivity index (χ2n) is 6.66. The molecule has 1 heterocycles. The van der Waals surface area contributed by atoms with Crippen molar-refractivity contribution in [2.24, 2.45) is 5.92 Å². The molecule has 1 aliphatic carbocycles. The van der Waals surface area contributed by atoms with Gasteiger partial charge in [-0.15, -0.1) is 0 Å². The van der Waals surface area contributed by atoms with Crippen molar-refractivity contribution < 1.29 is 14.0 Å². The van der Waals surface area contributed by atoms with Gasteiger partial charge in [0.25, 0.3) is 0 Å². The molecule has 1 saturated carbocycles. The highest BCUT2D eigenvalue weighted by Crippen LogP contribution is 2.23. The van der Waals surface area contributed by atoms with E-state index in [-0.39, 0.29) is 30.0 Å². The van der Waals surface area contributed by atoms with E-state index in [9.17, 15) is 14.0 Å². The van der Waals surface area contributed by atoms with Crippen LogP contribution in [0.3, 0.4) is 0 Å². The molecule has 3 rings (SSSR count). The summed E-state index contributed by atoms with van der Waals surface area (Å²) in [5.74, 6) is -0.181. The van der Waals surface area contributed by atoms with Gasteiger partial charge in [0.05, 0.1) is 6.42 Å². The minimum Gasteiger partial charge on any atom is -0.361 e. The van der Waals surface area contributed by atoms with Crippen LogP contribution in [-0.2, 0) is 16.0 Å². The molecule has 0 unspecified atom stereocenters. The molecular weight excluding hydrogens is 321 g/mol. The van der Waals surface area contributed by atoms with Gasteiger partial charge in [0.15, 0.2) is 0 Å². The number of halogens is 1. The Bertz CT molecular complexity index is 750. The zero-order chi connectivity index (χ0) is 17.6. The topological polar surface area (TPSA) is 74.0 Å². The maximum atomic E-state index is 13.2. The molecule has 1 aromatic carbocycles. The van der Waals surface area contributed by atoms with Gasteiger partial charge >= 0.3 is 0 Å². The second kappa shape index (κ2) is 8.14. The molecule has 0 radical (unpaired) electrons. The summed E-state index contributed by atoms with van der Waals surface area (Å²) in [6, 6.07) is 4.48. The van der Waals surface area contributed by atoms with Crippen LogP contribution >= 0.6 is 0 Å². The molecule has 0 spiro atoms. The fourth-order valence-electron chi connectivity index (χ4n) is 3.44. The summed E-state index contributed by atoms with van der Waals surface area (Å²) in [5, 5.41) is 6.56. The van der Waals surface area contributed by atoms with E-state index in [1.807, 2.05) is 0 Å². The van der Waals surface area contributed by atoms with Gasteiger partial charge in [0.1, 0.15) is 5.82 Å². The number of nitrogens with one attached hydrogen (secondary N) is 3. The number of aromatic nitrogens is 1. The lowest BCUT2D eigenvalue weighted by atomic mass is 9.89. The van der Waals surface area contributed by atoms with Gasteiger partial charge < -0.3 is 15.6 Å². The van der Waals surface area contributed by atoms with Crippen molar-refractivity contribution in [1.82, 2.24) is 15.6 Å². The Kier molecular flexibility index (Phi) is 5.68. The van der Waals surface area contributed by atoms with Crippen molar-refractivity contribution >= 4 is 22.7 Å². The van der Waals surface area contributed by atoms with Crippen LogP contribution in [0.4, 0.5) is 4.39 Å². The largest absolute Gasteiger partial charge is 0.361 e. The molecular formula is C19H24FN3O2. The third kappa shape index (κ3) is 4.59. The lowest BCUT2D eigenvalue weighted by Gasteiger charge is -2.20. The summed E-state index contributed by atoms with van der Waals surface area (Å²) in [6.45, 7) is 0.856. The molecule has 2 aromatic rings. The first kappa shape index (κ1) is 17.5. The minimum absolute atomic E-state index is 0.104. The van der Waals surface area contributed by atoms with Gasteiger partial charge in [-0.2, -0.15) is 0 Å². The second-order valence-corrected chi connectivity index (χ2v) is 6.66. The maximum absolute atomic E-state index is 13.2. The quantitative estimate of drug-likeness (QED) is 0.704. The average Bonchev–Trinajstić information content (AvgIpc) is 3.01. The third-order valence-electron chi connectivity index (χ3n) is 4.80. The summed E-state index contributed by atoms with van der Waals surface area (Å²) in [4.78, 5) is 27.0. The fourth-order valence-corrected chi connectivity index (χ4v) is 3.44. The molecule has 1 aliphatic rings. The summed E-state index contributed by atoms with van der Waals surface area (Å²) >= 11 is 0. The molecule has 0 bridgehead atoms. The molecule has 2 amide bonds. The maximum Gasteiger partial charge on any atom is 0.224 e. The molecule has 0 atom stereocenters. The van der Waals surface area contributed by atoms with E-state index in [1.54, 1.807) is 12.3 Å². The van der Waals surface area contributed by atoms with Crippen LogP contribution in [0, 0.1) is 11.7 Å². The molecule has 3 N–H and O–H groups in total. The lowest BCUT2D eigenvalue weighted by molar-refractivity contribution is -0.126. The number of rotatable bonds is 6. The molecule has 0 aliphatic heterocycles. The zero-order valence-corrected chi connectivity index (χ0v) is 14.2. The number of carbonyl (C=O) groups is 2. The number of fused-ring (bicyclic) bond motifs is 1. The van der Waals surface area contributed by atoms with Crippen molar-refractivity contribution in [3.8, 4) is 0 Å². The monoisotopic (exact) mass is 345 g/mol. The Morgan fingerprint density at radius 1 is 1.12 bits per heavy atom. The van der Waals surface area contributed by atoms with Gasteiger partial charge in [-0.1, -0.05) is 19.3 Å². The Labute approximate surface area is 146 Å². The predicted molar refractivity (Wildman–Crippen MR) is 94.6 cm³/mol. The van der Waals surface area contributed by atoms with E-state index >= 15 is 0 Å². The number of aromatic amines is 1. The Morgan fingerprint density at radius 3 is 2.68 bits per heavy atom. The normalized spacial score (nSPS) is 15.2. The summed E-state index contributed by atoms with van der Waals surface area (Å²) < 4.78 is 13.2. The molecule has 1 aromatic heterocycles. The van der Waals surface area contributed by atoms with Crippen molar-refractivity contribution in [1.29, 1.82) is 0 Å². The third-order valence-corrected chi connectivity index (χ3v) is 4.80. The van der Waals surface area contributed by atoms with Crippen LogP contribution in [-0.4, -0.2) is 29.9 Å². The van der Waals surface area contributed by atoms with Gasteiger partial charge in [-0.3, -0.25) is 9.59 Å². The Hall–Kier alpha value is -2.37. The molecule has 134 valence electrons. The minimum atomic E-state index is -0.306. The molecule has 5 nitrogen and oxygen atoms in total. The van der Waals surface area contributed by atoms with Crippen molar-refractivity contribution in [3.63, 3.8) is 0 Å². The van der Waals surface area contributed by atoms with Gasteiger partial charge in [-0.25, -0.2) is 4.39 Å². The SMILES string of the molecule is O=C(Cc1c[nH]c2cc(F)ccc12)NCCNC(=O)C1CCCCC1. The van der Waals surface area contributed by atoms with E-state index in [0.717, 1.165) is 36.6 Å². The van der Waals surface area contributed by atoms with Crippen LogP contribution < -0.4 is 10.6 Å². The first-order chi connectivity index (χ1) is 12.1. The van der Waals surface area contributed by atoms with E-state index < -0.39 is 0 Å². The lowest BCUT2D eigenvalue weighted by Crippen LogP contribution is -2.38. The number of hydrogen-bond acceptors (Lipinski definition) is 2. The van der Waals surface area contributed by atoms with Crippen LogP contribution in [0.2, 0.25) is 0 Å². The highest BCUT2D eigenvalue weighted by molar-refractivity contribution is 5.89. The van der Waals surface area contributed by atoms with Gasteiger partial charge in [0, 0.05) is 36.1 Å². The molecule has 25 heavy (non-hydrogen) atoms. The fraction of sp³-hybridized carbons (Fsp3) is 0.474. The Balaban J connectivity index is 1.41.